The number of rotatable bonds is 10. The molecule has 1 N–H and O–H groups in total. The average Bonchev–Trinajstić information content (AvgIpc) is 2.49. The van der Waals surface area contributed by atoms with E-state index in [0.29, 0.717) is 6.04 Å². The van der Waals surface area contributed by atoms with Crippen molar-refractivity contribution in [2.24, 2.45) is 0 Å². The molecule has 2 heteroatoms. The summed E-state index contributed by atoms with van der Waals surface area (Å²) in [5.41, 5.74) is 2.74. The summed E-state index contributed by atoms with van der Waals surface area (Å²) in [5.74, 6) is 0. The molecule has 1 aromatic carbocycles. The van der Waals surface area contributed by atoms with Crippen molar-refractivity contribution < 1.29 is 0 Å². The van der Waals surface area contributed by atoms with Crippen LogP contribution in [0.15, 0.2) is 24.3 Å². The van der Waals surface area contributed by atoms with E-state index in [9.17, 15) is 0 Å². The Kier molecular flexibility index (Phi) is 8.36. The first kappa shape index (κ1) is 17.0. The van der Waals surface area contributed by atoms with Gasteiger partial charge in [0.05, 0.1) is 0 Å². The van der Waals surface area contributed by atoms with Crippen LogP contribution in [0.3, 0.4) is 0 Å². The number of nitrogens with one attached hydrogen (secondary N) is 1. The van der Waals surface area contributed by atoms with Gasteiger partial charge < -0.3 is 10.2 Å². The molecule has 2 nitrogen and oxygen atoms in total. The summed E-state index contributed by atoms with van der Waals surface area (Å²) in [4.78, 5) is 2.55. The molecular weight excluding hydrogens is 244 g/mol. The summed E-state index contributed by atoms with van der Waals surface area (Å²) in [6.07, 6.45) is 4.91. The second kappa shape index (κ2) is 9.82. The summed E-state index contributed by atoms with van der Waals surface area (Å²) in [6, 6.07) is 9.71. The number of nitrogens with zero attached hydrogens (tertiary/aromatic N) is 1. The molecule has 1 rings (SSSR count). The lowest BCUT2D eigenvalue weighted by atomic mass is 10.1. The maximum absolute atomic E-state index is 3.45. The van der Waals surface area contributed by atoms with Crippen molar-refractivity contribution >= 4 is 5.69 Å². The lowest BCUT2D eigenvalue weighted by Gasteiger charge is -2.31. The second-order valence-corrected chi connectivity index (χ2v) is 5.65. The van der Waals surface area contributed by atoms with Gasteiger partial charge in [0.15, 0.2) is 0 Å². The van der Waals surface area contributed by atoms with Crippen LogP contribution in [0.1, 0.15) is 58.9 Å². The first-order valence-corrected chi connectivity index (χ1v) is 8.29. The molecule has 0 spiro atoms. The van der Waals surface area contributed by atoms with Crippen LogP contribution in [-0.4, -0.2) is 19.1 Å². The van der Waals surface area contributed by atoms with Crippen molar-refractivity contribution in [2.45, 2.75) is 66.0 Å². The molecule has 0 saturated heterocycles. The molecule has 0 aliphatic heterocycles. The van der Waals surface area contributed by atoms with Gasteiger partial charge in [0.2, 0.25) is 0 Å². The summed E-state index contributed by atoms with van der Waals surface area (Å²) in [7, 11) is 0. The Hall–Kier alpha value is -1.02. The fourth-order valence-corrected chi connectivity index (χ4v) is 2.37. The summed E-state index contributed by atoms with van der Waals surface area (Å²) >= 11 is 0. The Bertz CT molecular complexity index is 345. The van der Waals surface area contributed by atoms with Crippen molar-refractivity contribution in [3.8, 4) is 0 Å². The lowest BCUT2D eigenvalue weighted by molar-refractivity contribution is 0.595. The Morgan fingerprint density at radius 3 is 2.30 bits per heavy atom. The van der Waals surface area contributed by atoms with Gasteiger partial charge in [-0.2, -0.15) is 0 Å². The SMILES string of the molecule is CCCCN(c1ccc(CNCCC)cc1)C(C)CC. The van der Waals surface area contributed by atoms with Crippen molar-refractivity contribution in [2.75, 3.05) is 18.0 Å². The van der Waals surface area contributed by atoms with Gasteiger partial charge in [0.25, 0.3) is 0 Å². The van der Waals surface area contributed by atoms with Gasteiger partial charge in [-0.05, 0) is 50.4 Å². The zero-order chi connectivity index (χ0) is 14.8. The second-order valence-electron chi connectivity index (χ2n) is 5.65. The Balaban J connectivity index is 2.66. The highest BCUT2D eigenvalue weighted by Gasteiger charge is 2.12. The number of hydrogen-bond donors (Lipinski definition) is 1. The van der Waals surface area contributed by atoms with Crippen molar-refractivity contribution in [3.63, 3.8) is 0 Å². The van der Waals surface area contributed by atoms with E-state index in [0.717, 1.165) is 13.1 Å². The number of unbranched alkanes of at least 4 members (excludes halogenated alkanes) is 1. The summed E-state index contributed by atoms with van der Waals surface area (Å²) in [6.45, 7) is 12.3. The van der Waals surface area contributed by atoms with Crippen LogP contribution >= 0.6 is 0 Å². The average molecular weight is 276 g/mol. The Morgan fingerprint density at radius 2 is 1.75 bits per heavy atom. The fraction of sp³-hybridized carbons (Fsp3) is 0.667. The monoisotopic (exact) mass is 276 g/mol. The van der Waals surface area contributed by atoms with E-state index in [4.69, 9.17) is 0 Å². The third kappa shape index (κ3) is 5.54. The first-order chi connectivity index (χ1) is 9.72. The molecule has 0 radical (unpaired) electrons. The van der Waals surface area contributed by atoms with Crippen LogP contribution < -0.4 is 10.2 Å². The summed E-state index contributed by atoms with van der Waals surface area (Å²) < 4.78 is 0. The van der Waals surface area contributed by atoms with E-state index >= 15 is 0 Å². The molecule has 0 fully saturated rings. The van der Waals surface area contributed by atoms with Gasteiger partial charge in [-0.3, -0.25) is 0 Å². The maximum atomic E-state index is 3.45. The first-order valence-electron chi connectivity index (χ1n) is 8.29. The quantitative estimate of drug-likeness (QED) is 0.629. The molecular formula is C18H32N2. The predicted molar refractivity (Wildman–Crippen MR) is 90.4 cm³/mol. The van der Waals surface area contributed by atoms with Crippen molar-refractivity contribution in [1.82, 2.24) is 5.32 Å². The smallest absolute Gasteiger partial charge is 0.0368 e. The molecule has 0 aliphatic carbocycles. The van der Waals surface area contributed by atoms with Crippen LogP contribution in [0.2, 0.25) is 0 Å². The van der Waals surface area contributed by atoms with Gasteiger partial charge in [-0.1, -0.05) is 39.3 Å². The van der Waals surface area contributed by atoms with Gasteiger partial charge in [0.1, 0.15) is 0 Å². The standard InChI is InChI=1S/C18H32N2/c1-5-8-14-20(16(4)7-3)18-11-9-17(10-12-18)15-19-13-6-2/h9-12,16,19H,5-8,13-15H2,1-4H3. The molecule has 1 atom stereocenters. The number of hydrogen-bond acceptors (Lipinski definition) is 2. The summed E-state index contributed by atoms with van der Waals surface area (Å²) in [5, 5.41) is 3.45. The maximum Gasteiger partial charge on any atom is 0.0368 e. The van der Waals surface area contributed by atoms with E-state index in [1.54, 1.807) is 0 Å². The fourth-order valence-electron chi connectivity index (χ4n) is 2.37. The van der Waals surface area contributed by atoms with Crippen LogP contribution in [0.4, 0.5) is 5.69 Å². The molecule has 20 heavy (non-hydrogen) atoms. The van der Waals surface area contributed by atoms with E-state index in [-0.39, 0.29) is 0 Å². The van der Waals surface area contributed by atoms with Gasteiger partial charge in [-0.15, -0.1) is 0 Å². The Morgan fingerprint density at radius 1 is 1.05 bits per heavy atom. The van der Waals surface area contributed by atoms with E-state index in [1.165, 1.54) is 43.5 Å². The van der Waals surface area contributed by atoms with Crippen molar-refractivity contribution in [3.05, 3.63) is 29.8 Å². The lowest BCUT2D eigenvalue weighted by Crippen LogP contribution is -2.33. The molecule has 0 saturated carbocycles. The normalized spacial score (nSPS) is 12.4. The molecule has 0 aliphatic rings. The zero-order valence-electron chi connectivity index (χ0n) is 13.8. The highest BCUT2D eigenvalue weighted by molar-refractivity contribution is 5.48. The minimum absolute atomic E-state index is 0.616. The largest absolute Gasteiger partial charge is 0.369 e. The minimum atomic E-state index is 0.616. The molecule has 0 bridgehead atoms. The topological polar surface area (TPSA) is 15.3 Å². The highest BCUT2D eigenvalue weighted by atomic mass is 15.2. The number of anilines is 1. The van der Waals surface area contributed by atoms with E-state index in [2.05, 4.69) is 62.2 Å². The molecule has 0 amide bonds. The van der Waals surface area contributed by atoms with E-state index in [1.807, 2.05) is 0 Å². The van der Waals surface area contributed by atoms with Crippen LogP contribution in [0, 0.1) is 0 Å². The zero-order valence-corrected chi connectivity index (χ0v) is 13.8. The highest BCUT2D eigenvalue weighted by Crippen LogP contribution is 2.20. The third-order valence-electron chi connectivity index (χ3n) is 3.90. The van der Waals surface area contributed by atoms with Crippen LogP contribution in [-0.2, 0) is 6.54 Å². The molecule has 1 aromatic rings. The predicted octanol–water partition coefficient (Wildman–Crippen LogP) is 4.59. The van der Waals surface area contributed by atoms with Gasteiger partial charge >= 0.3 is 0 Å². The van der Waals surface area contributed by atoms with Crippen LogP contribution in [0.5, 0.6) is 0 Å². The van der Waals surface area contributed by atoms with Crippen LogP contribution in [0.25, 0.3) is 0 Å². The van der Waals surface area contributed by atoms with Crippen molar-refractivity contribution in [1.29, 1.82) is 0 Å². The minimum Gasteiger partial charge on any atom is -0.369 e. The van der Waals surface area contributed by atoms with Gasteiger partial charge in [0, 0.05) is 24.8 Å². The van der Waals surface area contributed by atoms with E-state index < -0.39 is 0 Å². The third-order valence-corrected chi connectivity index (χ3v) is 3.90. The molecule has 0 aromatic heterocycles. The van der Waals surface area contributed by atoms with Gasteiger partial charge in [-0.25, -0.2) is 0 Å². The Labute approximate surface area is 125 Å². The molecule has 1 unspecified atom stereocenters. The molecule has 114 valence electrons. The number of benzene rings is 1. The molecule has 0 heterocycles.